The predicted molar refractivity (Wildman–Crippen MR) is 98.2 cm³/mol. The smallest absolute Gasteiger partial charge is 0.234 e. The van der Waals surface area contributed by atoms with Gasteiger partial charge >= 0.3 is 0 Å². The third-order valence-electron chi connectivity index (χ3n) is 3.28. The topological polar surface area (TPSA) is 54.9 Å². The highest BCUT2D eigenvalue weighted by Gasteiger charge is 2.08. The molecule has 0 atom stereocenters. The summed E-state index contributed by atoms with van der Waals surface area (Å²) in [6, 6.07) is 16.9. The molecule has 0 saturated heterocycles. The van der Waals surface area contributed by atoms with E-state index >= 15 is 0 Å². The Hall–Kier alpha value is -2.44. The van der Waals surface area contributed by atoms with Crippen LogP contribution < -0.4 is 5.32 Å². The number of halogens is 2. The Morgan fingerprint density at radius 1 is 1.04 bits per heavy atom. The highest BCUT2D eigenvalue weighted by atomic mass is 35.5. The first-order valence-electron chi connectivity index (χ1n) is 7.39. The van der Waals surface area contributed by atoms with Crippen LogP contribution in [0.15, 0.2) is 65.7 Å². The van der Waals surface area contributed by atoms with Gasteiger partial charge in [0, 0.05) is 10.6 Å². The lowest BCUT2D eigenvalue weighted by Gasteiger charge is -2.06. The van der Waals surface area contributed by atoms with E-state index in [4.69, 9.17) is 11.6 Å². The highest BCUT2D eigenvalue weighted by Crippen LogP contribution is 2.22. The monoisotopic (exact) mass is 373 g/mol. The van der Waals surface area contributed by atoms with Crippen molar-refractivity contribution in [1.29, 1.82) is 0 Å². The van der Waals surface area contributed by atoms with E-state index in [0.29, 0.717) is 10.0 Å². The zero-order valence-electron chi connectivity index (χ0n) is 12.9. The number of carbonyl (C=O) groups is 1. The van der Waals surface area contributed by atoms with E-state index in [1.165, 1.54) is 23.9 Å². The molecule has 0 radical (unpaired) electrons. The van der Waals surface area contributed by atoms with Crippen molar-refractivity contribution < 1.29 is 9.18 Å². The van der Waals surface area contributed by atoms with E-state index in [1.54, 1.807) is 30.3 Å². The molecule has 0 aliphatic heterocycles. The number of carbonyl (C=O) groups excluding carboxylic acids is 1. The van der Waals surface area contributed by atoms with E-state index in [9.17, 15) is 9.18 Å². The van der Waals surface area contributed by atoms with Gasteiger partial charge in [-0.2, -0.15) is 0 Å². The van der Waals surface area contributed by atoms with Gasteiger partial charge in [-0.05, 0) is 36.4 Å². The second kappa shape index (κ2) is 8.09. The van der Waals surface area contributed by atoms with Crippen LogP contribution in [0.5, 0.6) is 0 Å². The van der Waals surface area contributed by atoms with Gasteiger partial charge in [-0.3, -0.25) is 4.79 Å². The Kier molecular flexibility index (Phi) is 5.63. The number of para-hydroxylation sites is 1. The fraction of sp³-hybridized carbons (Fsp3) is 0.0556. The number of anilines is 1. The van der Waals surface area contributed by atoms with Crippen molar-refractivity contribution in [3.63, 3.8) is 0 Å². The van der Waals surface area contributed by atoms with Crippen molar-refractivity contribution in [2.24, 2.45) is 0 Å². The van der Waals surface area contributed by atoms with Crippen molar-refractivity contribution in [3.8, 4) is 11.3 Å². The molecule has 0 saturated carbocycles. The fourth-order valence-corrected chi connectivity index (χ4v) is 2.80. The van der Waals surface area contributed by atoms with Crippen LogP contribution in [0.3, 0.4) is 0 Å². The number of rotatable bonds is 5. The van der Waals surface area contributed by atoms with E-state index in [0.717, 1.165) is 11.3 Å². The zero-order chi connectivity index (χ0) is 17.6. The number of nitrogens with one attached hydrogen (secondary N) is 1. The molecule has 0 fully saturated rings. The van der Waals surface area contributed by atoms with Crippen LogP contribution >= 0.6 is 23.4 Å². The maximum absolute atomic E-state index is 13.5. The fourth-order valence-electron chi connectivity index (χ4n) is 2.06. The average Bonchev–Trinajstić information content (AvgIpc) is 2.63. The molecule has 0 aliphatic rings. The third kappa shape index (κ3) is 4.78. The van der Waals surface area contributed by atoms with Gasteiger partial charge in [-0.25, -0.2) is 4.39 Å². The first kappa shape index (κ1) is 17.4. The lowest BCUT2D eigenvalue weighted by molar-refractivity contribution is -0.113. The van der Waals surface area contributed by atoms with Crippen LogP contribution in [0.2, 0.25) is 5.02 Å². The van der Waals surface area contributed by atoms with Crippen LogP contribution in [0, 0.1) is 5.82 Å². The largest absolute Gasteiger partial charge is 0.323 e. The standard InChI is InChI=1S/C18H13ClFN3OS/c19-13-7-5-12(6-8-13)15-9-10-18(23-22-15)25-11-17(24)21-16-4-2-1-3-14(16)20/h1-10H,11H2,(H,21,24). The van der Waals surface area contributed by atoms with E-state index < -0.39 is 5.82 Å². The number of benzene rings is 2. The summed E-state index contributed by atoms with van der Waals surface area (Å²) in [4.78, 5) is 11.9. The van der Waals surface area contributed by atoms with Gasteiger partial charge in [0.1, 0.15) is 10.8 Å². The Morgan fingerprint density at radius 3 is 2.48 bits per heavy atom. The minimum Gasteiger partial charge on any atom is -0.323 e. The molecule has 0 spiro atoms. The minimum atomic E-state index is -0.465. The van der Waals surface area contributed by atoms with Gasteiger partial charge < -0.3 is 5.32 Å². The van der Waals surface area contributed by atoms with E-state index in [1.807, 2.05) is 18.2 Å². The Labute approximate surface area is 153 Å². The maximum Gasteiger partial charge on any atom is 0.234 e. The molecule has 1 aromatic heterocycles. The number of nitrogens with zero attached hydrogens (tertiary/aromatic N) is 2. The second-order valence-corrected chi connectivity index (χ2v) is 6.51. The molecule has 126 valence electrons. The van der Waals surface area contributed by atoms with Crippen LogP contribution in [0.4, 0.5) is 10.1 Å². The van der Waals surface area contributed by atoms with Crippen molar-refractivity contribution in [1.82, 2.24) is 10.2 Å². The summed E-state index contributed by atoms with van der Waals surface area (Å²) in [5.41, 5.74) is 1.79. The second-order valence-electron chi connectivity index (χ2n) is 5.08. The average molecular weight is 374 g/mol. The Bertz CT molecular complexity index is 872. The lowest BCUT2D eigenvalue weighted by Crippen LogP contribution is -2.15. The highest BCUT2D eigenvalue weighted by molar-refractivity contribution is 7.99. The summed E-state index contributed by atoms with van der Waals surface area (Å²) in [7, 11) is 0. The first-order valence-corrected chi connectivity index (χ1v) is 8.75. The number of hydrogen-bond donors (Lipinski definition) is 1. The van der Waals surface area contributed by atoms with Gasteiger partial charge in [0.25, 0.3) is 0 Å². The summed E-state index contributed by atoms with van der Waals surface area (Å²) in [6.45, 7) is 0. The summed E-state index contributed by atoms with van der Waals surface area (Å²) >= 11 is 7.09. The van der Waals surface area contributed by atoms with E-state index in [2.05, 4.69) is 15.5 Å². The molecule has 0 unspecified atom stereocenters. The van der Waals surface area contributed by atoms with Crippen LogP contribution in [-0.2, 0) is 4.79 Å². The first-order chi connectivity index (χ1) is 12.1. The maximum atomic E-state index is 13.5. The molecular formula is C18H13ClFN3OS. The number of aromatic nitrogens is 2. The van der Waals surface area contributed by atoms with Gasteiger partial charge in [0.05, 0.1) is 17.1 Å². The lowest BCUT2D eigenvalue weighted by atomic mass is 10.1. The molecule has 4 nitrogen and oxygen atoms in total. The normalized spacial score (nSPS) is 10.5. The Morgan fingerprint density at radius 2 is 1.80 bits per heavy atom. The van der Waals surface area contributed by atoms with Crippen molar-refractivity contribution in [2.75, 3.05) is 11.1 Å². The summed E-state index contributed by atoms with van der Waals surface area (Å²) in [5.74, 6) is -0.657. The summed E-state index contributed by atoms with van der Waals surface area (Å²) in [6.07, 6.45) is 0. The summed E-state index contributed by atoms with van der Waals surface area (Å²) < 4.78 is 13.5. The predicted octanol–water partition coefficient (Wildman–Crippen LogP) is 4.67. The van der Waals surface area contributed by atoms with Gasteiger partial charge in [0.15, 0.2) is 0 Å². The van der Waals surface area contributed by atoms with Crippen LogP contribution in [0.25, 0.3) is 11.3 Å². The molecule has 2 aromatic carbocycles. The molecule has 1 amide bonds. The van der Waals surface area contributed by atoms with Crippen LogP contribution in [0.1, 0.15) is 0 Å². The molecule has 3 rings (SSSR count). The van der Waals surface area contributed by atoms with Gasteiger partial charge in [0.2, 0.25) is 5.91 Å². The Balaban J connectivity index is 1.57. The van der Waals surface area contributed by atoms with Crippen LogP contribution in [-0.4, -0.2) is 21.9 Å². The molecule has 3 aromatic rings. The summed E-state index contributed by atoms with van der Waals surface area (Å²) in [5, 5.41) is 12.0. The quantitative estimate of drug-likeness (QED) is 0.660. The van der Waals surface area contributed by atoms with Gasteiger partial charge in [-0.1, -0.05) is 47.6 Å². The molecule has 7 heteroatoms. The molecular weight excluding hydrogens is 361 g/mol. The SMILES string of the molecule is O=C(CSc1ccc(-c2ccc(Cl)cc2)nn1)Nc1ccccc1F. The van der Waals surface area contributed by atoms with E-state index in [-0.39, 0.29) is 17.3 Å². The minimum absolute atomic E-state index is 0.114. The molecule has 0 bridgehead atoms. The molecule has 25 heavy (non-hydrogen) atoms. The number of thioether (sulfide) groups is 1. The third-order valence-corrected chi connectivity index (χ3v) is 4.45. The molecule has 1 N–H and O–H groups in total. The number of hydrogen-bond acceptors (Lipinski definition) is 4. The van der Waals surface area contributed by atoms with Crippen molar-refractivity contribution >= 4 is 35.0 Å². The zero-order valence-corrected chi connectivity index (χ0v) is 14.5. The molecule has 0 aliphatic carbocycles. The van der Waals surface area contributed by atoms with Crippen molar-refractivity contribution in [3.05, 3.63) is 71.5 Å². The number of amides is 1. The molecule has 1 heterocycles. The van der Waals surface area contributed by atoms with Gasteiger partial charge in [-0.15, -0.1) is 10.2 Å². The van der Waals surface area contributed by atoms with Crippen molar-refractivity contribution in [2.45, 2.75) is 5.03 Å².